The van der Waals surface area contributed by atoms with E-state index in [0.29, 0.717) is 37.7 Å². The van der Waals surface area contributed by atoms with Crippen molar-refractivity contribution in [2.75, 3.05) is 33.4 Å². The molecule has 0 radical (unpaired) electrons. The predicted molar refractivity (Wildman–Crippen MR) is 96.4 cm³/mol. The van der Waals surface area contributed by atoms with Crippen LogP contribution in [-0.4, -0.2) is 69.3 Å². The van der Waals surface area contributed by atoms with Gasteiger partial charge in [-0.1, -0.05) is 12.1 Å². The summed E-state index contributed by atoms with van der Waals surface area (Å²) in [7, 11) is 1.57. The molecule has 0 unspecified atom stereocenters. The Bertz CT molecular complexity index is 820. The summed E-state index contributed by atoms with van der Waals surface area (Å²) in [4.78, 5) is 16.0. The van der Waals surface area contributed by atoms with Crippen LogP contribution in [0.3, 0.4) is 0 Å². The van der Waals surface area contributed by atoms with E-state index >= 15 is 0 Å². The minimum atomic E-state index is -4.41. The number of nitrogens with zero attached hydrogens (tertiary/aromatic N) is 6. The van der Waals surface area contributed by atoms with Gasteiger partial charge in [0, 0.05) is 33.1 Å². The fraction of sp³-hybridized carbons (Fsp3) is 0.556. The maximum atomic E-state index is 12.8. The van der Waals surface area contributed by atoms with Gasteiger partial charge in [0.1, 0.15) is 0 Å². The molecule has 0 N–H and O–H groups in total. The van der Waals surface area contributed by atoms with E-state index in [1.165, 1.54) is 11.0 Å². The van der Waals surface area contributed by atoms with Crippen LogP contribution in [0.25, 0.3) is 0 Å². The molecule has 1 aromatic heterocycles. The normalized spacial score (nSPS) is 15.4. The quantitative estimate of drug-likeness (QED) is 0.687. The van der Waals surface area contributed by atoms with Crippen molar-refractivity contribution < 1.29 is 22.7 Å². The second-order valence-corrected chi connectivity index (χ2v) is 6.90. The molecule has 0 saturated carbocycles. The number of halogens is 3. The van der Waals surface area contributed by atoms with Crippen molar-refractivity contribution in [3.8, 4) is 0 Å². The number of aryl methyl sites for hydroxylation is 1. The second kappa shape index (κ2) is 9.31. The lowest BCUT2D eigenvalue weighted by Crippen LogP contribution is -2.36. The Balaban J connectivity index is 1.52. The summed E-state index contributed by atoms with van der Waals surface area (Å²) in [6.07, 6.45) is -4.26. The smallest absolute Gasteiger partial charge is 0.379 e. The summed E-state index contributed by atoms with van der Waals surface area (Å²) < 4.78 is 45.4. The SMILES string of the molecule is CN(Cc1cccc(C(F)(F)F)c1)C(=O)CCn1nnnc1CN1CCOCC1. The Hall–Kier alpha value is -2.53. The van der Waals surface area contributed by atoms with Gasteiger partial charge in [-0.25, -0.2) is 4.68 Å². The monoisotopic (exact) mass is 412 g/mol. The first-order chi connectivity index (χ1) is 13.8. The van der Waals surface area contributed by atoms with Gasteiger partial charge in [-0.3, -0.25) is 9.69 Å². The largest absolute Gasteiger partial charge is 0.416 e. The van der Waals surface area contributed by atoms with Crippen molar-refractivity contribution in [1.29, 1.82) is 0 Å². The zero-order valence-electron chi connectivity index (χ0n) is 16.1. The van der Waals surface area contributed by atoms with E-state index in [1.54, 1.807) is 17.8 Å². The van der Waals surface area contributed by atoms with Crippen molar-refractivity contribution in [1.82, 2.24) is 30.0 Å². The molecule has 1 aromatic carbocycles. The van der Waals surface area contributed by atoms with Crippen LogP contribution >= 0.6 is 0 Å². The first kappa shape index (κ1) is 21.2. The number of hydrogen-bond acceptors (Lipinski definition) is 6. The number of carbonyl (C=O) groups is 1. The number of alkyl halides is 3. The Labute approximate surface area is 166 Å². The van der Waals surface area contributed by atoms with Crippen molar-refractivity contribution in [2.45, 2.75) is 32.2 Å². The minimum absolute atomic E-state index is 0.0962. The van der Waals surface area contributed by atoms with Crippen LogP contribution in [0, 0.1) is 0 Å². The lowest BCUT2D eigenvalue weighted by atomic mass is 10.1. The summed E-state index contributed by atoms with van der Waals surface area (Å²) in [5.74, 6) is 0.468. The highest BCUT2D eigenvalue weighted by Gasteiger charge is 2.30. The van der Waals surface area contributed by atoms with E-state index in [1.807, 2.05) is 0 Å². The number of amides is 1. The van der Waals surface area contributed by atoms with Crippen molar-refractivity contribution in [3.63, 3.8) is 0 Å². The van der Waals surface area contributed by atoms with Crippen molar-refractivity contribution in [2.24, 2.45) is 0 Å². The van der Waals surface area contributed by atoms with Gasteiger partial charge < -0.3 is 9.64 Å². The summed E-state index contributed by atoms with van der Waals surface area (Å²) >= 11 is 0. The van der Waals surface area contributed by atoms with E-state index in [4.69, 9.17) is 4.74 Å². The number of carbonyl (C=O) groups excluding carboxylic acids is 1. The Morgan fingerprint density at radius 3 is 2.76 bits per heavy atom. The predicted octanol–water partition coefficient (Wildman–Crippen LogP) is 1.57. The number of rotatable bonds is 7. The highest BCUT2D eigenvalue weighted by atomic mass is 19.4. The lowest BCUT2D eigenvalue weighted by Gasteiger charge is -2.25. The van der Waals surface area contributed by atoms with Gasteiger partial charge >= 0.3 is 6.18 Å². The third-order valence-corrected chi connectivity index (χ3v) is 4.71. The summed E-state index contributed by atoms with van der Waals surface area (Å²) in [5, 5.41) is 11.6. The third-order valence-electron chi connectivity index (χ3n) is 4.71. The van der Waals surface area contributed by atoms with Gasteiger partial charge in [0.2, 0.25) is 5.91 Å². The van der Waals surface area contributed by atoms with E-state index in [0.717, 1.165) is 25.2 Å². The maximum Gasteiger partial charge on any atom is 0.416 e. The summed E-state index contributed by atoms with van der Waals surface area (Å²) in [6.45, 7) is 3.90. The van der Waals surface area contributed by atoms with E-state index in [9.17, 15) is 18.0 Å². The maximum absolute atomic E-state index is 12.8. The third kappa shape index (κ3) is 5.97. The first-order valence-electron chi connectivity index (χ1n) is 9.28. The zero-order chi connectivity index (χ0) is 20.9. The van der Waals surface area contributed by atoms with Crippen LogP contribution in [0.1, 0.15) is 23.4 Å². The number of aromatic nitrogens is 4. The molecule has 29 heavy (non-hydrogen) atoms. The Kier molecular flexibility index (Phi) is 6.80. The van der Waals surface area contributed by atoms with Crippen molar-refractivity contribution >= 4 is 5.91 Å². The molecule has 0 bridgehead atoms. The molecular formula is C18H23F3N6O2. The molecule has 158 valence electrons. The Morgan fingerprint density at radius 1 is 1.28 bits per heavy atom. The number of morpholine rings is 1. The molecule has 1 amide bonds. The van der Waals surface area contributed by atoms with Gasteiger partial charge in [0.05, 0.1) is 31.9 Å². The fourth-order valence-corrected chi connectivity index (χ4v) is 3.07. The molecule has 0 atom stereocenters. The molecule has 0 aliphatic carbocycles. The van der Waals surface area contributed by atoms with Crippen LogP contribution in [0.15, 0.2) is 24.3 Å². The van der Waals surface area contributed by atoms with Gasteiger partial charge in [0.15, 0.2) is 5.82 Å². The first-order valence-corrected chi connectivity index (χ1v) is 9.28. The van der Waals surface area contributed by atoms with Gasteiger partial charge in [-0.05, 0) is 28.1 Å². The Morgan fingerprint density at radius 2 is 2.03 bits per heavy atom. The average Bonchev–Trinajstić information content (AvgIpc) is 3.13. The number of tetrazole rings is 1. The molecule has 1 saturated heterocycles. The van der Waals surface area contributed by atoms with Crippen LogP contribution in [0.5, 0.6) is 0 Å². The van der Waals surface area contributed by atoms with Crippen LogP contribution in [0.2, 0.25) is 0 Å². The van der Waals surface area contributed by atoms with Crippen LogP contribution in [-0.2, 0) is 35.3 Å². The van der Waals surface area contributed by atoms with Gasteiger partial charge in [-0.15, -0.1) is 5.10 Å². The molecule has 11 heteroatoms. The number of benzene rings is 1. The molecule has 2 aromatic rings. The van der Waals surface area contributed by atoms with E-state index in [2.05, 4.69) is 20.4 Å². The average molecular weight is 412 g/mol. The highest BCUT2D eigenvalue weighted by Crippen LogP contribution is 2.29. The van der Waals surface area contributed by atoms with E-state index < -0.39 is 11.7 Å². The standard InChI is InChI=1S/C18H23F3N6O2/c1-25(12-14-3-2-4-15(11-14)18(19,20)21)17(28)5-6-27-16(22-23-24-27)13-26-7-9-29-10-8-26/h2-4,11H,5-10,12-13H2,1H3. The molecular weight excluding hydrogens is 389 g/mol. The van der Waals surface area contributed by atoms with Crippen LogP contribution < -0.4 is 0 Å². The minimum Gasteiger partial charge on any atom is -0.379 e. The zero-order valence-corrected chi connectivity index (χ0v) is 16.1. The molecule has 0 spiro atoms. The molecule has 1 aliphatic rings. The topological polar surface area (TPSA) is 76.4 Å². The van der Waals surface area contributed by atoms with Gasteiger partial charge in [-0.2, -0.15) is 13.2 Å². The molecule has 8 nitrogen and oxygen atoms in total. The molecule has 2 heterocycles. The summed E-state index contributed by atoms with van der Waals surface area (Å²) in [5.41, 5.74) is -0.302. The van der Waals surface area contributed by atoms with Crippen LogP contribution in [0.4, 0.5) is 13.2 Å². The van der Waals surface area contributed by atoms with Gasteiger partial charge in [0.25, 0.3) is 0 Å². The fourth-order valence-electron chi connectivity index (χ4n) is 3.07. The summed E-state index contributed by atoms with van der Waals surface area (Å²) in [6, 6.07) is 4.99. The molecule has 3 rings (SSSR count). The van der Waals surface area contributed by atoms with E-state index in [-0.39, 0.29) is 18.9 Å². The second-order valence-electron chi connectivity index (χ2n) is 6.90. The molecule has 1 aliphatic heterocycles. The van der Waals surface area contributed by atoms with Crippen molar-refractivity contribution in [3.05, 3.63) is 41.2 Å². The molecule has 1 fully saturated rings. The number of hydrogen-bond donors (Lipinski definition) is 0. The highest BCUT2D eigenvalue weighted by molar-refractivity contribution is 5.75. The number of ether oxygens (including phenoxy) is 1. The lowest BCUT2D eigenvalue weighted by molar-refractivity contribution is -0.137.